The van der Waals surface area contributed by atoms with Gasteiger partial charge in [-0.1, -0.05) is 39.8 Å². The lowest BCUT2D eigenvalue weighted by molar-refractivity contribution is 0.102. The Kier molecular flexibility index (Phi) is 6.61. The average molecular weight is 420 g/mol. The Balaban J connectivity index is 1.66. The number of benzene rings is 2. The van der Waals surface area contributed by atoms with Crippen LogP contribution >= 0.6 is 11.8 Å². The quantitative estimate of drug-likeness (QED) is 0.489. The van der Waals surface area contributed by atoms with Gasteiger partial charge in [0.2, 0.25) is 0 Å². The molecule has 156 valence electrons. The second-order valence-corrected chi connectivity index (χ2v) is 9.46. The molecule has 1 heterocycles. The summed E-state index contributed by atoms with van der Waals surface area (Å²) >= 11 is 1.53. The molecule has 1 N–H and O–H groups in total. The van der Waals surface area contributed by atoms with Crippen LogP contribution in [0, 0.1) is 13.8 Å². The van der Waals surface area contributed by atoms with Gasteiger partial charge in [-0.25, -0.2) is 9.97 Å². The van der Waals surface area contributed by atoms with E-state index in [9.17, 15) is 4.79 Å². The minimum atomic E-state index is -0.111. The second-order valence-electron chi connectivity index (χ2n) is 8.42. The lowest BCUT2D eigenvalue weighted by Gasteiger charge is -2.19. The van der Waals surface area contributed by atoms with Crippen molar-refractivity contribution in [2.24, 2.45) is 0 Å². The number of rotatable bonds is 5. The Labute approximate surface area is 183 Å². The van der Waals surface area contributed by atoms with E-state index in [4.69, 9.17) is 0 Å². The van der Waals surface area contributed by atoms with Gasteiger partial charge in [0.1, 0.15) is 0 Å². The zero-order valence-corrected chi connectivity index (χ0v) is 19.4. The SMILES string of the molecule is CCc1c(C)nc(Sc2ccc(NC(=O)c3ccc(C(C)(C)C)cc3)cc2)nc1C. The molecule has 1 aromatic heterocycles. The number of amides is 1. The van der Waals surface area contributed by atoms with Crippen molar-refractivity contribution in [2.45, 2.75) is 63.4 Å². The lowest BCUT2D eigenvalue weighted by atomic mass is 9.87. The van der Waals surface area contributed by atoms with E-state index in [1.165, 1.54) is 22.9 Å². The maximum atomic E-state index is 12.6. The Bertz CT molecular complexity index is 1010. The van der Waals surface area contributed by atoms with Crippen molar-refractivity contribution in [1.82, 2.24) is 9.97 Å². The van der Waals surface area contributed by atoms with Gasteiger partial charge in [-0.3, -0.25) is 4.79 Å². The van der Waals surface area contributed by atoms with Crippen LogP contribution < -0.4 is 5.32 Å². The van der Waals surface area contributed by atoms with E-state index in [1.807, 2.05) is 62.4 Å². The van der Waals surface area contributed by atoms with Gasteiger partial charge in [0.15, 0.2) is 5.16 Å². The van der Waals surface area contributed by atoms with Crippen molar-refractivity contribution in [3.8, 4) is 0 Å². The fourth-order valence-electron chi connectivity index (χ4n) is 3.30. The summed E-state index contributed by atoms with van der Waals surface area (Å²) < 4.78 is 0. The Morgan fingerprint density at radius 2 is 1.50 bits per heavy atom. The Morgan fingerprint density at radius 3 is 2.00 bits per heavy atom. The number of hydrogen-bond donors (Lipinski definition) is 1. The molecule has 0 radical (unpaired) electrons. The number of aromatic nitrogens is 2. The molecule has 0 fully saturated rings. The van der Waals surface area contributed by atoms with Gasteiger partial charge < -0.3 is 5.32 Å². The van der Waals surface area contributed by atoms with Crippen LogP contribution in [0.1, 0.15) is 60.6 Å². The summed E-state index contributed by atoms with van der Waals surface area (Å²) in [5, 5.41) is 3.71. The maximum absolute atomic E-state index is 12.6. The van der Waals surface area contributed by atoms with E-state index in [1.54, 1.807) is 0 Å². The molecule has 2 aromatic carbocycles. The highest BCUT2D eigenvalue weighted by atomic mass is 32.2. The van der Waals surface area contributed by atoms with Gasteiger partial charge in [0.25, 0.3) is 5.91 Å². The largest absolute Gasteiger partial charge is 0.322 e. The topological polar surface area (TPSA) is 54.9 Å². The smallest absolute Gasteiger partial charge is 0.255 e. The second kappa shape index (κ2) is 9.00. The monoisotopic (exact) mass is 419 g/mol. The molecule has 0 aliphatic heterocycles. The summed E-state index contributed by atoms with van der Waals surface area (Å²) in [6, 6.07) is 15.6. The fraction of sp³-hybridized carbons (Fsp3) is 0.320. The molecule has 0 bridgehead atoms. The van der Waals surface area contributed by atoms with Crippen molar-refractivity contribution in [1.29, 1.82) is 0 Å². The van der Waals surface area contributed by atoms with Crippen molar-refractivity contribution < 1.29 is 4.79 Å². The molecule has 0 aliphatic carbocycles. The third-order valence-corrected chi connectivity index (χ3v) is 5.96. The van der Waals surface area contributed by atoms with Crippen LogP contribution in [0.15, 0.2) is 58.6 Å². The molecular formula is C25H29N3OS. The van der Waals surface area contributed by atoms with Crippen LogP contribution in [-0.2, 0) is 11.8 Å². The Morgan fingerprint density at radius 1 is 0.933 bits per heavy atom. The van der Waals surface area contributed by atoms with E-state index in [-0.39, 0.29) is 11.3 Å². The van der Waals surface area contributed by atoms with E-state index in [0.29, 0.717) is 5.56 Å². The average Bonchev–Trinajstić information content (AvgIpc) is 2.69. The van der Waals surface area contributed by atoms with E-state index >= 15 is 0 Å². The summed E-state index contributed by atoms with van der Waals surface area (Å²) in [4.78, 5) is 22.8. The third-order valence-electron chi connectivity index (χ3n) is 5.09. The number of hydrogen-bond acceptors (Lipinski definition) is 4. The number of aryl methyl sites for hydroxylation is 2. The summed E-state index contributed by atoms with van der Waals surface area (Å²) in [5.41, 5.74) is 5.98. The molecular weight excluding hydrogens is 390 g/mol. The number of nitrogens with zero attached hydrogens (tertiary/aromatic N) is 2. The third kappa shape index (κ3) is 5.28. The number of nitrogens with one attached hydrogen (secondary N) is 1. The first-order valence-corrected chi connectivity index (χ1v) is 11.0. The normalized spacial score (nSPS) is 11.4. The molecule has 0 spiro atoms. The predicted molar refractivity (Wildman–Crippen MR) is 125 cm³/mol. The fourth-order valence-corrected chi connectivity index (χ4v) is 4.15. The highest BCUT2D eigenvalue weighted by Gasteiger charge is 2.14. The predicted octanol–water partition coefficient (Wildman–Crippen LogP) is 6.36. The number of carbonyl (C=O) groups excluding carboxylic acids is 1. The summed E-state index contributed by atoms with van der Waals surface area (Å²) in [7, 11) is 0. The molecule has 0 aliphatic rings. The summed E-state index contributed by atoms with van der Waals surface area (Å²) in [5.74, 6) is -0.111. The Hall–Kier alpha value is -2.66. The molecule has 30 heavy (non-hydrogen) atoms. The van der Waals surface area contributed by atoms with Crippen LogP contribution in [0.4, 0.5) is 5.69 Å². The molecule has 0 unspecified atom stereocenters. The lowest BCUT2D eigenvalue weighted by Crippen LogP contribution is -2.14. The first kappa shape index (κ1) is 22.0. The van der Waals surface area contributed by atoms with E-state index in [0.717, 1.165) is 33.5 Å². The summed E-state index contributed by atoms with van der Waals surface area (Å²) in [6.45, 7) is 12.7. The van der Waals surface area contributed by atoms with Crippen molar-refractivity contribution in [2.75, 3.05) is 5.32 Å². The van der Waals surface area contributed by atoms with Crippen LogP contribution in [0.25, 0.3) is 0 Å². The first-order valence-electron chi connectivity index (χ1n) is 10.2. The molecule has 0 atom stereocenters. The molecule has 0 saturated heterocycles. The van der Waals surface area contributed by atoms with Crippen LogP contribution in [0.2, 0.25) is 0 Å². The first-order chi connectivity index (χ1) is 14.2. The van der Waals surface area contributed by atoms with Gasteiger partial charge in [-0.05, 0) is 85.0 Å². The van der Waals surface area contributed by atoms with Gasteiger partial charge in [0, 0.05) is 27.5 Å². The van der Waals surface area contributed by atoms with Gasteiger partial charge in [0.05, 0.1) is 0 Å². The van der Waals surface area contributed by atoms with E-state index in [2.05, 4.69) is 43.0 Å². The maximum Gasteiger partial charge on any atom is 0.255 e. The van der Waals surface area contributed by atoms with Gasteiger partial charge in [-0.15, -0.1) is 0 Å². The van der Waals surface area contributed by atoms with Crippen LogP contribution in [-0.4, -0.2) is 15.9 Å². The summed E-state index contributed by atoms with van der Waals surface area (Å²) in [6.07, 6.45) is 0.940. The van der Waals surface area contributed by atoms with Crippen molar-refractivity contribution >= 4 is 23.4 Å². The number of anilines is 1. The van der Waals surface area contributed by atoms with Gasteiger partial charge >= 0.3 is 0 Å². The zero-order chi connectivity index (χ0) is 21.9. The van der Waals surface area contributed by atoms with Crippen molar-refractivity contribution in [3.05, 3.63) is 76.6 Å². The highest BCUT2D eigenvalue weighted by Crippen LogP contribution is 2.28. The molecule has 3 rings (SSSR count). The molecule has 1 amide bonds. The van der Waals surface area contributed by atoms with E-state index < -0.39 is 0 Å². The van der Waals surface area contributed by atoms with Crippen molar-refractivity contribution in [3.63, 3.8) is 0 Å². The standard InChI is InChI=1S/C25H29N3OS/c1-7-22-16(2)26-24(27-17(22)3)30-21-14-12-20(13-15-21)28-23(29)18-8-10-19(11-9-18)25(4,5)6/h8-15H,7H2,1-6H3,(H,28,29). The minimum Gasteiger partial charge on any atom is -0.322 e. The minimum absolute atomic E-state index is 0.0696. The van der Waals surface area contributed by atoms with Gasteiger partial charge in [-0.2, -0.15) is 0 Å². The highest BCUT2D eigenvalue weighted by molar-refractivity contribution is 7.99. The zero-order valence-electron chi connectivity index (χ0n) is 18.5. The number of carbonyl (C=O) groups is 1. The molecule has 5 heteroatoms. The molecule has 4 nitrogen and oxygen atoms in total. The van der Waals surface area contributed by atoms with Crippen LogP contribution in [0.3, 0.4) is 0 Å². The molecule has 3 aromatic rings. The van der Waals surface area contributed by atoms with Crippen LogP contribution in [0.5, 0.6) is 0 Å². The molecule has 0 saturated carbocycles.